The number of nitrogens with zero attached hydrogens (tertiary/aromatic N) is 2. The number of carbonyl (C=O) groups is 1. The Morgan fingerprint density at radius 3 is 2.67 bits per heavy atom. The number of nitrogens with one attached hydrogen (secondary N) is 2. The lowest BCUT2D eigenvalue weighted by Gasteiger charge is -2.14. The van der Waals surface area contributed by atoms with Crippen LogP contribution < -0.4 is 10.0 Å². The summed E-state index contributed by atoms with van der Waals surface area (Å²) < 4.78 is 33.3. The molecule has 4 rings (SSSR count). The molecule has 0 radical (unpaired) electrons. The molecule has 1 fully saturated rings. The van der Waals surface area contributed by atoms with Crippen LogP contribution in [0.2, 0.25) is 0 Å². The van der Waals surface area contributed by atoms with Gasteiger partial charge in [0, 0.05) is 22.9 Å². The molecule has 0 spiro atoms. The number of rotatable bonds is 6. The minimum Gasteiger partial charge on any atom is -0.423 e. The molecule has 1 aliphatic rings. The van der Waals surface area contributed by atoms with E-state index in [1.807, 2.05) is 19.1 Å². The second kappa shape index (κ2) is 8.37. The monoisotopic (exact) mass is 426 g/mol. The molecule has 1 saturated carbocycles. The van der Waals surface area contributed by atoms with Gasteiger partial charge in [0.1, 0.15) is 0 Å². The van der Waals surface area contributed by atoms with E-state index >= 15 is 0 Å². The molecule has 2 aromatic carbocycles. The molecular formula is C21H22N4O4S. The Labute approximate surface area is 174 Å². The molecule has 0 unspecified atom stereocenters. The molecule has 0 atom stereocenters. The SMILES string of the molecule is Cc1ccc(-c2nnco2)cc1NC(=O)c1cccc(S(=O)(=O)NC2CCCC2)c1. The van der Waals surface area contributed by atoms with Crippen LogP contribution in [0.4, 0.5) is 5.69 Å². The Morgan fingerprint density at radius 1 is 1.13 bits per heavy atom. The summed E-state index contributed by atoms with van der Waals surface area (Å²) in [4.78, 5) is 12.9. The molecule has 0 saturated heterocycles. The van der Waals surface area contributed by atoms with Crippen molar-refractivity contribution in [2.24, 2.45) is 0 Å². The van der Waals surface area contributed by atoms with Gasteiger partial charge < -0.3 is 9.73 Å². The molecule has 30 heavy (non-hydrogen) atoms. The van der Waals surface area contributed by atoms with Crippen LogP contribution in [-0.4, -0.2) is 30.6 Å². The number of amides is 1. The van der Waals surface area contributed by atoms with Gasteiger partial charge in [-0.15, -0.1) is 10.2 Å². The quantitative estimate of drug-likeness (QED) is 0.623. The first-order chi connectivity index (χ1) is 14.4. The van der Waals surface area contributed by atoms with Crippen molar-refractivity contribution in [3.63, 3.8) is 0 Å². The third-order valence-corrected chi connectivity index (χ3v) is 6.69. The summed E-state index contributed by atoms with van der Waals surface area (Å²) in [5.74, 6) is -0.0599. The maximum atomic E-state index is 12.8. The smallest absolute Gasteiger partial charge is 0.255 e. The van der Waals surface area contributed by atoms with Crippen LogP contribution >= 0.6 is 0 Å². The number of anilines is 1. The average molecular weight is 426 g/mol. The summed E-state index contributed by atoms with van der Waals surface area (Å²) in [5, 5.41) is 10.4. The van der Waals surface area contributed by atoms with Gasteiger partial charge in [0.15, 0.2) is 0 Å². The normalized spacial score (nSPS) is 14.7. The van der Waals surface area contributed by atoms with Gasteiger partial charge in [-0.3, -0.25) is 4.79 Å². The molecule has 1 aliphatic carbocycles. The van der Waals surface area contributed by atoms with E-state index in [0.29, 0.717) is 17.1 Å². The fourth-order valence-electron chi connectivity index (χ4n) is 3.52. The van der Waals surface area contributed by atoms with E-state index in [1.165, 1.54) is 18.5 Å². The molecule has 9 heteroatoms. The highest BCUT2D eigenvalue weighted by molar-refractivity contribution is 7.89. The maximum absolute atomic E-state index is 12.8. The van der Waals surface area contributed by atoms with Crippen molar-refractivity contribution < 1.29 is 17.6 Å². The molecular weight excluding hydrogens is 404 g/mol. The fraction of sp³-hybridized carbons (Fsp3) is 0.286. The second-order valence-electron chi connectivity index (χ2n) is 7.36. The number of aromatic nitrogens is 2. The molecule has 156 valence electrons. The number of carbonyl (C=O) groups excluding carboxylic acids is 1. The van der Waals surface area contributed by atoms with Crippen LogP contribution in [0.25, 0.3) is 11.5 Å². The lowest BCUT2D eigenvalue weighted by Crippen LogP contribution is -2.32. The van der Waals surface area contributed by atoms with E-state index in [4.69, 9.17) is 4.42 Å². The number of hydrogen-bond donors (Lipinski definition) is 2. The third-order valence-electron chi connectivity index (χ3n) is 5.18. The van der Waals surface area contributed by atoms with Crippen molar-refractivity contribution >= 4 is 21.6 Å². The average Bonchev–Trinajstić information content (AvgIpc) is 3.44. The van der Waals surface area contributed by atoms with Crippen molar-refractivity contribution in [2.45, 2.75) is 43.5 Å². The number of aryl methyl sites for hydroxylation is 1. The zero-order valence-corrected chi connectivity index (χ0v) is 17.3. The van der Waals surface area contributed by atoms with E-state index in [2.05, 4.69) is 20.2 Å². The summed E-state index contributed by atoms with van der Waals surface area (Å²) in [7, 11) is -3.67. The predicted molar refractivity (Wildman–Crippen MR) is 111 cm³/mol. The summed E-state index contributed by atoms with van der Waals surface area (Å²) >= 11 is 0. The van der Waals surface area contributed by atoms with E-state index in [9.17, 15) is 13.2 Å². The van der Waals surface area contributed by atoms with Gasteiger partial charge >= 0.3 is 0 Å². The Balaban J connectivity index is 1.54. The van der Waals surface area contributed by atoms with Crippen molar-refractivity contribution in [3.8, 4) is 11.5 Å². The number of benzene rings is 2. The first-order valence-electron chi connectivity index (χ1n) is 9.73. The lowest BCUT2D eigenvalue weighted by molar-refractivity contribution is 0.102. The molecule has 1 heterocycles. The van der Waals surface area contributed by atoms with Gasteiger partial charge in [0.05, 0.1) is 4.90 Å². The zero-order valence-electron chi connectivity index (χ0n) is 16.5. The minimum absolute atomic E-state index is 0.0393. The highest BCUT2D eigenvalue weighted by atomic mass is 32.2. The molecule has 8 nitrogen and oxygen atoms in total. The first-order valence-corrected chi connectivity index (χ1v) is 11.2. The summed E-state index contributed by atoms with van der Waals surface area (Å²) in [6.45, 7) is 1.86. The van der Waals surface area contributed by atoms with E-state index in [-0.39, 0.29) is 16.5 Å². The zero-order chi connectivity index (χ0) is 21.1. The van der Waals surface area contributed by atoms with Crippen LogP contribution in [0, 0.1) is 6.92 Å². The van der Waals surface area contributed by atoms with E-state index in [1.54, 1.807) is 18.2 Å². The molecule has 0 aliphatic heterocycles. The van der Waals surface area contributed by atoms with Crippen molar-refractivity contribution in [3.05, 3.63) is 60.0 Å². The Morgan fingerprint density at radius 2 is 1.93 bits per heavy atom. The molecule has 1 amide bonds. The number of sulfonamides is 1. The molecule has 3 aromatic rings. The van der Waals surface area contributed by atoms with Crippen molar-refractivity contribution in [1.82, 2.24) is 14.9 Å². The molecule has 1 aromatic heterocycles. The topological polar surface area (TPSA) is 114 Å². The highest BCUT2D eigenvalue weighted by Crippen LogP contribution is 2.25. The largest absolute Gasteiger partial charge is 0.423 e. The van der Waals surface area contributed by atoms with Crippen LogP contribution in [0.3, 0.4) is 0 Å². The van der Waals surface area contributed by atoms with Gasteiger partial charge in [-0.25, -0.2) is 13.1 Å². The Hall–Kier alpha value is -3.04. The van der Waals surface area contributed by atoms with Crippen molar-refractivity contribution in [2.75, 3.05) is 5.32 Å². The van der Waals surface area contributed by atoms with E-state index in [0.717, 1.165) is 31.2 Å². The minimum atomic E-state index is -3.67. The standard InChI is InChI=1S/C21H22N4O4S/c1-14-9-10-16(21-24-22-13-29-21)12-19(14)23-20(26)15-5-4-8-18(11-15)30(27,28)25-17-6-2-3-7-17/h4-5,8-13,17,25H,2-3,6-7H2,1H3,(H,23,26). The second-order valence-corrected chi connectivity index (χ2v) is 9.07. The highest BCUT2D eigenvalue weighted by Gasteiger charge is 2.23. The van der Waals surface area contributed by atoms with Crippen LogP contribution in [-0.2, 0) is 10.0 Å². The van der Waals surface area contributed by atoms with Gasteiger partial charge in [-0.1, -0.05) is 25.0 Å². The van der Waals surface area contributed by atoms with Crippen LogP contribution in [0.5, 0.6) is 0 Å². The van der Waals surface area contributed by atoms with Crippen molar-refractivity contribution in [1.29, 1.82) is 0 Å². The molecule has 2 N–H and O–H groups in total. The predicted octanol–water partition coefficient (Wildman–Crippen LogP) is 3.52. The van der Waals surface area contributed by atoms with Gasteiger partial charge in [0.25, 0.3) is 5.91 Å². The lowest BCUT2D eigenvalue weighted by atomic mass is 10.1. The summed E-state index contributed by atoms with van der Waals surface area (Å²) in [6, 6.07) is 11.4. The fourth-order valence-corrected chi connectivity index (χ4v) is 4.87. The Bertz CT molecular complexity index is 1150. The first kappa shape index (κ1) is 20.2. The van der Waals surface area contributed by atoms with E-state index < -0.39 is 15.9 Å². The summed E-state index contributed by atoms with van der Waals surface area (Å²) in [5.41, 5.74) is 2.35. The third kappa shape index (κ3) is 4.42. The van der Waals surface area contributed by atoms with Gasteiger partial charge in [0.2, 0.25) is 22.3 Å². The van der Waals surface area contributed by atoms with Crippen LogP contribution in [0.1, 0.15) is 41.6 Å². The van der Waals surface area contributed by atoms with Gasteiger partial charge in [-0.2, -0.15) is 0 Å². The Kier molecular flexibility index (Phi) is 5.65. The summed E-state index contributed by atoms with van der Waals surface area (Å²) in [6.07, 6.45) is 4.97. The maximum Gasteiger partial charge on any atom is 0.255 e. The molecule has 0 bridgehead atoms. The number of hydrogen-bond acceptors (Lipinski definition) is 6. The van der Waals surface area contributed by atoms with Crippen LogP contribution in [0.15, 0.2) is 58.2 Å². The van der Waals surface area contributed by atoms with Gasteiger partial charge in [-0.05, 0) is 55.7 Å².